The van der Waals surface area contributed by atoms with Gasteiger partial charge >= 0.3 is 0 Å². The molecule has 1 aliphatic rings. The molecule has 0 amide bonds. The van der Waals surface area contributed by atoms with Gasteiger partial charge in [0.25, 0.3) is 0 Å². The van der Waals surface area contributed by atoms with Crippen LogP contribution in [0.5, 0.6) is 5.75 Å². The second kappa shape index (κ2) is 7.54. The minimum atomic E-state index is 0.100. The predicted octanol–water partition coefficient (Wildman–Crippen LogP) is 6.10. The van der Waals surface area contributed by atoms with Gasteiger partial charge in [-0.2, -0.15) is 0 Å². The van der Waals surface area contributed by atoms with Crippen LogP contribution in [0.15, 0.2) is 22.7 Å². The minimum Gasteiger partial charge on any atom is -0.497 e. The van der Waals surface area contributed by atoms with E-state index < -0.39 is 0 Å². The molecule has 1 fully saturated rings. The molecule has 0 aliphatic heterocycles. The third-order valence-corrected chi connectivity index (χ3v) is 5.16. The van der Waals surface area contributed by atoms with Gasteiger partial charge in [0.2, 0.25) is 0 Å². The molecule has 0 saturated heterocycles. The molecule has 3 heteroatoms. The summed E-state index contributed by atoms with van der Waals surface area (Å²) >= 11 is 10.2. The Labute approximate surface area is 129 Å². The molecule has 0 aromatic heterocycles. The number of rotatable bonds is 4. The summed E-state index contributed by atoms with van der Waals surface area (Å²) in [5.74, 6) is 1.66. The number of halogens is 2. The third-order valence-electron chi connectivity index (χ3n) is 4.06. The summed E-state index contributed by atoms with van der Waals surface area (Å²) in [7, 11) is 1.69. The van der Waals surface area contributed by atoms with Crippen molar-refractivity contribution in [3.05, 3.63) is 28.2 Å². The number of benzene rings is 1. The Morgan fingerprint density at radius 3 is 2.53 bits per heavy atom. The molecule has 1 unspecified atom stereocenters. The van der Waals surface area contributed by atoms with E-state index in [4.69, 9.17) is 16.3 Å². The van der Waals surface area contributed by atoms with Crippen LogP contribution in [0.1, 0.15) is 55.9 Å². The lowest BCUT2D eigenvalue weighted by atomic mass is 9.92. The number of ether oxygens (including phenoxy) is 1. The van der Waals surface area contributed by atoms with E-state index in [1.807, 2.05) is 12.1 Å². The Morgan fingerprint density at radius 2 is 1.95 bits per heavy atom. The van der Waals surface area contributed by atoms with Crippen LogP contribution in [-0.2, 0) is 0 Å². The molecule has 0 N–H and O–H groups in total. The fourth-order valence-electron chi connectivity index (χ4n) is 2.91. The molecule has 1 aliphatic carbocycles. The summed E-state index contributed by atoms with van der Waals surface area (Å²) in [5, 5.41) is 0.100. The monoisotopic (exact) mass is 344 g/mol. The van der Waals surface area contributed by atoms with Crippen molar-refractivity contribution in [2.75, 3.05) is 7.11 Å². The second-order valence-electron chi connectivity index (χ2n) is 5.45. The van der Waals surface area contributed by atoms with Gasteiger partial charge in [-0.15, -0.1) is 11.6 Å². The second-order valence-corrected chi connectivity index (χ2v) is 6.83. The number of hydrogen-bond acceptors (Lipinski definition) is 1. The lowest BCUT2D eigenvalue weighted by Crippen LogP contribution is -2.04. The van der Waals surface area contributed by atoms with Gasteiger partial charge in [-0.3, -0.25) is 0 Å². The summed E-state index contributed by atoms with van der Waals surface area (Å²) in [6.07, 6.45) is 9.32. The van der Waals surface area contributed by atoms with E-state index in [2.05, 4.69) is 22.0 Å². The van der Waals surface area contributed by atoms with Gasteiger partial charge < -0.3 is 4.74 Å². The van der Waals surface area contributed by atoms with Gasteiger partial charge in [0.1, 0.15) is 5.75 Å². The number of alkyl halides is 1. The van der Waals surface area contributed by atoms with Crippen molar-refractivity contribution in [1.29, 1.82) is 0 Å². The number of hydrogen-bond donors (Lipinski definition) is 0. The van der Waals surface area contributed by atoms with Crippen LogP contribution in [0.4, 0.5) is 0 Å². The number of methoxy groups -OCH3 is 1. The quantitative estimate of drug-likeness (QED) is 0.473. The summed E-state index contributed by atoms with van der Waals surface area (Å²) in [4.78, 5) is 0. The largest absolute Gasteiger partial charge is 0.497 e. The van der Waals surface area contributed by atoms with Crippen LogP contribution in [0.2, 0.25) is 0 Å². The summed E-state index contributed by atoms with van der Waals surface area (Å²) < 4.78 is 6.28. The fourth-order valence-corrected chi connectivity index (χ4v) is 4.12. The Kier molecular flexibility index (Phi) is 6.03. The summed E-state index contributed by atoms with van der Waals surface area (Å²) in [5.41, 5.74) is 1.19. The average molecular weight is 346 g/mol. The maximum Gasteiger partial charge on any atom is 0.120 e. The van der Waals surface area contributed by atoms with Gasteiger partial charge in [-0.25, -0.2) is 0 Å². The average Bonchev–Trinajstić information content (AvgIpc) is 2.67. The van der Waals surface area contributed by atoms with Crippen LogP contribution < -0.4 is 4.74 Å². The Hall–Kier alpha value is -0.210. The zero-order valence-electron chi connectivity index (χ0n) is 11.5. The molecule has 0 spiro atoms. The van der Waals surface area contributed by atoms with Gasteiger partial charge in [-0.1, -0.05) is 60.5 Å². The minimum absolute atomic E-state index is 0.100. The molecule has 2 rings (SSSR count). The Balaban J connectivity index is 2.00. The molecule has 1 saturated carbocycles. The standard InChI is InChI=1S/C16H22BrClO/c1-19-13-8-9-14(15(17)11-13)16(18)10-12-6-4-2-3-5-7-12/h8-9,11-12,16H,2-7,10H2,1H3. The van der Waals surface area contributed by atoms with Gasteiger partial charge in [-0.05, 0) is 30.0 Å². The van der Waals surface area contributed by atoms with E-state index >= 15 is 0 Å². The first-order valence-corrected chi connectivity index (χ1v) is 8.41. The molecule has 0 radical (unpaired) electrons. The van der Waals surface area contributed by atoms with Gasteiger partial charge in [0, 0.05) is 4.47 Å². The highest BCUT2D eigenvalue weighted by molar-refractivity contribution is 9.10. The first kappa shape index (κ1) is 15.2. The van der Waals surface area contributed by atoms with Crippen molar-refractivity contribution in [3.63, 3.8) is 0 Å². The van der Waals surface area contributed by atoms with E-state index in [0.717, 1.165) is 22.6 Å². The van der Waals surface area contributed by atoms with Crippen molar-refractivity contribution in [3.8, 4) is 5.75 Å². The lowest BCUT2D eigenvalue weighted by molar-refractivity contribution is 0.412. The maximum atomic E-state index is 6.62. The predicted molar refractivity (Wildman–Crippen MR) is 85.1 cm³/mol. The van der Waals surface area contributed by atoms with E-state index in [1.165, 1.54) is 44.1 Å². The van der Waals surface area contributed by atoms with Gasteiger partial charge in [0.15, 0.2) is 0 Å². The zero-order chi connectivity index (χ0) is 13.7. The molecule has 1 nitrogen and oxygen atoms in total. The molecular formula is C16H22BrClO. The Bertz CT molecular complexity index is 400. The van der Waals surface area contributed by atoms with E-state index in [1.54, 1.807) is 7.11 Å². The third kappa shape index (κ3) is 4.39. The molecule has 19 heavy (non-hydrogen) atoms. The fraction of sp³-hybridized carbons (Fsp3) is 0.625. The summed E-state index contributed by atoms with van der Waals surface area (Å²) in [6.45, 7) is 0. The van der Waals surface area contributed by atoms with Crippen molar-refractivity contribution >= 4 is 27.5 Å². The molecule has 1 aromatic carbocycles. The van der Waals surface area contributed by atoms with Crippen LogP contribution >= 0.6 is 27.5 Å². The topological polar surface area (TPSA) is 9.23 Å². The van der Waals surface area contributed by atoms with Crippen LogP contribution in [0.25, 0.3) is 0 Å². The van der Waals surface area contributed by atoms with Crippen molar-refractivity contribution < 1.29 is 4.74 Å². The highest BCUT2D eigenvalue weighted by Gasteiger charge is 2.19. The van der Waals surface area contributed by atoms with Crippen LogP contribution in [0, 0.1) is 5.92 Å². The lowest BCUT2D eigenvalue weighted by Gasteiger charge is -2.19. The zero-order valence-corrected chi connectivity index (χ0v) is 13.8. The van der Waals surface area contributed by atoms with E-state index in [0.29, 0.717) is 0 Å². The van der Waals surface area contributed by atoms with Gasteiger partial charge in [0.05, 0.1) is 12.5 Å². The van der Waals surface area contributed by atoms with E-state index in [9.17, 15) is 0 Å². The first-order valence-electron chi connectivity index (χ1n) is 7.18. The first-order chi connectivity index (χ1) is 9.20. The highest BCUT2D eigenvalue weighted by Crippen LogP contribution is 2.38. The SMILES string of the molecule is COc1ccc(C(Cl)CC2CCCCCC2)c(Br)c1. The van der Waals surface area contributed by atoms with E-state index in [-0.39, 0.29) is 5.38 Å². The molecule has 106 valence electrons. The molecule has 1 aromatic rings. The molecule has 0 bridgehead atoms. The van der Waals surface area contributed by atoms with Crippen molar-refractivity contribution in [1.82, 2.24) is 0 Å². The van der Waals surface area contributed by atoms with Crippen molar-refractivity contribution in [2.45, 2.75) is 50.3 Å². The molecular weight excluding hydrogens is 324 g/mol. The summed E-state index contributed by atoms with van der Waals surface area (Å²) in [6, 6.07) is 6.07. The normalized spacial score (nSPS) is 18.9. The van der Waals surface area contributed by atoms with Crippen LogP contribution in [-0.4, -0.2) is 7.11 Å². The van der Waals surface area contributed by atoms with Crippen LogP contribution in [0.3, 0.4) is 0 Å². The molecule has 1 atom stereocenters. The Morgan fingerprint density at radius 1 is 1.26 bits per heavy atom. The maximum absolute atomic E-state index is 6.62. The highest BCUT2D eigenvalue weighted by atomic mass is 79.9. The molecule has 0 heterocycles. The smallest absolute Gasteiger partial charge is 0.120 e. The van der Waals surface area contributed by atoms with Crippen molar-refractivity contribution in [2.24, 2.45) is 5.92 Å².